The van der Waals surface area contributed by atoms with Gasteiger partial charge in [0.25, 0.3) is 11.7 Å². The van der Waals surface area contributed by atoms with Gasteiger partial charge in [0.15, 0.2) is 0 Å². The molecule has 1 heterocycles. The molecule has 1 aliphatic heterocycles. The number of carbonyl (C=O) groups is 2. The van der Waals surface area contributed by atoms with E-state index in [9.17, 15) is 14.7 Å². The summed E-state index contributed by atoms with van der Waals surface area (Å²) in [6.07, 6.45) is -0.0583. The first-order valence-corrected chi connectivity index (χ1v) is 11.8. The molecule has 1 amide bonds. The van der Waals surface area contributed by atoms with Gasteiger partial charge in [0, 0.05) is 11.3 Å². The molecule has 1 fully saturated rings. The van der Waals surface area contributed by atoms with Crippen molar-refractivity contribution in [2.75, 3.05) is 18.6 Å². The van der Waals surface area contributed by atoms with Crippen LogP contribution in [0.15, 0.2) is 78.4 Å². The maximum absolute atomic E-state index is 13.4. The first-order valence-electron chi connectivity index (χ1n) is 11.8. The molecule has 4 rings (SSSR count). The molecule has 1 aliphatic rings. The van der Waals surface area contributed by atoms with E-state index in [4.69, 9.17) is 14.2 Å². The van der Waals surface area contributed by atoms with Crippen LogP contribution in [0.1, 0.15) is 37.9 Å². The maximum Gasteiger partial charge on any atom is 0.300 e. The summed E-state index contributed by atoms with van der Waals surface area (Å²) >= 11 is 0. The number of anilines is 1. The Balaban J connectivity index is 1.87. The van der Waals surface area contributed by atoms with Crippen molar-refractivity contribution in [3.8, 4) is 17.2 Å². The fraction of sp³-hybridized carbons (Fsp3) is 0.241. The van der Waals surface area contributed by atoms with Gasteiger partial charge in [0.05, 0.1) is 31.4 Å². The zero-order valence-corrected chi connectivity index (χ0v) is 20.7. The quantitative estimate of drug-likeness (QED) is 0.256. The highest BCUT2D eigenvalue weighted by Crippen LogP contribution is 2.43. The summed E-state index contributed by atoms with van der Waals surface area (Å²) in [5.41, 5.74) is 1.55. The van der Waals surface area contributed by atoms with Crippen LogP contribution >= 0.6 is 0 Å². The number of benzene rings is 3. The van der Waals surface area contributed by atoms with E-state index in [1.807, 2.05) is 32.9 Å². The van der Waals surface area contributed by atoms with Gasteiger partial charge < -0.3 is 19.3 Å². The van der Waals surface area contributed by atoms with Crippen molar-refractivity contribution in [2.24, 2.45) is 0 Å². The smallest absolute Gasteiger partial charge is 0.300 e. The normalized spacial score (nSPS) is 16.9. The van der Waals surface area contributed by atoms with E-state index in [1.54, 1.807) is 67.8 Å². The molecule has 1 atom stereocenters. The summed E-state index contributed by atoms with van der Waals surface area (Å²) in [4.78, 5) is 28.1. The molecule has 186 valence electrons. The third-order valence-corrected chi connectivity index (χ3v) is 5.78. The minimum absolute atomic E-state index is 0.00155. The molecule has 0 aromatic heterocycles. The molecule has 1 saturated heterocycles. The second-order valence-corrected chi connectivity index (χ2v) is 8.56. The van der Waals surface area contributed by atoms with Gasteiger partial charge in [-0.25, -0.2) is 0 Å². The molecule has 1 N–H and O–H groups in total. The van der Waals surface area contributed by atoms with Crippen molar-refractivity contribution < 1.29 is 28.9 Å². The molecular formula is C29H29NO6. The molecule has 1 unspecified atom stereocenters. The van der Waals surface area contributed by atoms with Gasteiger partial charge in [-0.05, 0) is 87.0 Å². The molecule has 0 bridgehead atoms. The number of nitrogens with zero attached hydrogens (tertiary/aromatic N) is 1. The third kappa shape index (κ3) is 4.91. The molecule has 3 aromatic rings. The summed E-state index contributed by atoms with van der Waals surface area (Å²) in [6, 6.07) is 20.0. The number of aliphatic hydroxyl groups is 1. The van der Waals surface area contributed by atoms with Gasteiger partial charge >= 0.3 is 0 Å². The summed E-state index contributed by atoms with van der Waals surface area (Å²) in [6.45, 7) is 6.22. The van der Waals surface area contributed by atoms with Crippen LogP contribution in [0.5, 0.6) is 17.2 Å². The monoisotopic (exact) mass is 487 g/mol. The Morgan fingerprint density at radius 2 is 1.61 bits per heavy atom. The van der Waals surface area contributed by atoms with Crippen LogP contribution in [-0.4, -0.2) is 36.6 Å². The van der Waals surface area contributed by atoms with Crippen molar-refractivity contribution >= 4 is 23.1 Å². The molecule has 0 aliphatic carbocycles. The SMILES string of the molecule is CCOc1ccc(/C(O)=C2/C(=O)C(=O)N(c3ccc(OC)cc3)C2c2cccc(OC(C)C)c2)cc1. The highest BCUT2D eigenvalue weighted by atomic mass is 16.5. The summed E-state index contributed by atoms with van der Waals surface area (Å²) < 4.78 is 16.6. The van der Waals surface area contributed by atoms with Crippen LogP contribution in [-0.2, 0) is 9.59 Å². The van der Waals surface area contributed by atoms with Crippen LogP contribution in [0.4, 0.5) is 5.69 Å². The lowest BCUT2D eigenvalue weighted by Crippen LogP contribution is -2.29. The van der Waals surface area contributed by atoms with Crippen LogP contribution in [0.3, 0.4) is 0 Å². The average molecular weight is 488 g/mol. The van der Waals surface area contributed by atoms with Gasteiger partial charge in [-0.3, -0.25) is 14.5 Å². The number of aliphatic hydroxyl groups excluding tert-OH is 1. The lowest BCUT2D eigenvalue weighted by Gasteiger charge is -2.26. The number of methoxy groups -OCH3 is 1. The van der Waals surface area contributed by atoms with Crippen molar-refractivity contribution in [2.45, 2.75) is 32.9 Å². The molecular weight excluding hydrogens is 458 g/mol. The number of Topliss-reactive ketones (excluding diaryl/α,β-unsaturated/α-hetero) is 1. The first-order chi connectivity index (χ1) is 17.3. The van der Waals surface area contributed by atoms with E-state index in [1.165, 1.54) is 4.90 Å². The zero-order valence-electron chi connectivity index (χ0n) is 20.7. The van der Waals surface area contributed by atoms with E-state index >= 15 is 0 Å². The Hall–Kier alpha value is -4.26. The zero-order chi connectivity index (χ0) is 25.8. The Kier molecular flexibility index (Phi) is 7.29. The Morgan fingerprint density at radius 1 is 0.944 bits per heavy atom. The van der Waals surface area contributed by atoms with Crippen molar-refractivity contribution in [1.29, 1.82) is 0 Å². The van der Waals surface area contributed by atoms with Crippen LogP contribution < -0.4 is 19.1 Å². The van der Waals surface area contributed by atoms with E-state index in [-0.39, 0.29) is 17.4 Å². The van der Waals surface area contributed by atoms with Gasteiger partial charge in [0.2, 0.25) is 0 Å². The molecule has 7 nitrogen and oxygen atoms in total. The molecule has 0 radical (unpaired) electrons. The number of rotatable bonds is 8. The molecule has 36 heavy (non-hydrogen) atoms. The van der Waals surface area contributed by atoms with Crippen LogP contribution in [0.2, 0.25) is 0 Å². The number of ketones is 1. The summed E-state index contributed by atoms with van der Waals surface area (Å²) in [5, 5.41) is 11.3. The number of amides is 1. The standard InChI is InChI=1S/C29H29NO6/c1-5-35-23-13-9-19(10-14-23)27(31)25-26(20-7-6-8-24(17-20)36-18(2)3)30(29(33)28(25)32)21-11-15-22(34-4)16-12-21/h6-18,26,31H,5H2,1-4H3/b27-25-. The van der Waals surface area contributed by atoms with Gasteiger partial charge in [-0.15, -0.1) is 0 Å². The van der Waals surface area contributed by atoms with E-state index in [0.717, 1.165) is 0 Å². The van der Waals surface area contributed by atoms with E-state index in [0.29, 0.717) is 40.7 Å². The molecule has 0 saturated carbocycles. The summed E-state index contributed by atoms with van der Waals surface area (Å²) in [5.74, 6) is 0.109. The lowest BCUT2D eigenvalue weighted by molar-refractivity contribution is -0.132. The Bertz CT molecular complexity index is 1280. The van der Waals surface area contributed by atoms with Gasteiger partial charge in [0.1, 0.15) is 23.0 Å². The first kappa shape index (κ1) is 24.9. The fourth-order valence-electron chi connectivity index (χ4n) is 4.22. The second-order valence-electron chi connectivity index (χ2n) is 8.56. The van der Waals surface area contributed by atoms with Crippen molar-refractivity contribution in [3.63, 3.8) is 0 Å². The average Bonchev–Trinajstić information content (AvgIpc) is 3.14. The molecule has 0 spiro atoms. The predicted octanol–water partition coefficient (Wildman–Crippen LogP) is 5.51. The minimum atomic E-state index is -0.860. The maximum atomic E-state index is 13.4. The van der Waals surface area contributed by atoms with Crippen LogP contribution in [0.25, 0.3) is 5.76 Å². The largest absolute Gasteiger partial charge is 0.507 e. The highest BCUT2D eigenvalue weighted by molar-refractivity contribution is 6.51. The Morgan fingerprint density at radius 3 is 2.22 bits per heavy atom. The van der Waals surface area contributed by atoms with Crippen molar-refractivity contribution in [3.05, 3.63) is 89.5 Å². The number of ether oxygens (including phenoxy) is 3. The van der Waals surface area contributed by atoms with E-state index < -0.39 is 17.7 Å². The topological polar surface area (TPSA) is 85.3 Å². The lowest BCUT2D eigenvalue weighted by atomic mass is 9.95. The third-order valence-electron chi connectivity index (χ3n) is 5.78. The fourth-order valence-corrected chi connectivity index (χ4v) is 4.22. The van der Waals surface area contributed by atoms with Gasteiger partial charge in [-0.1, -0.05) is 12.1 Å². The van der Waals surface area contributed by atoms with E-state index in [2.05, 4.69) is 0 Å². The van der Waals surface area contributed by atoms with Gasteiger partial charge in [-0.2, -0.15) is 0 Å². The number of hydrogen-bond acceptors (Lipinski definition) is 6. The summed E-state index contributed by atoms with van der Waals surface area (Å²) in [7, 11) is 1.55. The van der Waals surface area contributed by atoms with Crippen LogP contribution in [0, 0.1) is 0 Å². The molecule has 3 aromatic carbocycles. The number of hydrogen-bond donors (Lipinski definition) is 1. The van der Waals surface area contributed by atoms with Crippen molar-refractivity contribution in [1.82, 2.24) is 0 Å². The number of carbonyl (C=O) groups excluding carboxylic acids is 2. The predicted molar refractivity (Wildman–Crippen MR) is 138 cm³/mol. The minimum Gasteiger partial charge on any atom is -0.507 e. The second kappa shape index (κ2) is 10.6. The Labute approximate surface area is 210 Å². The molecule has 7 heteroatoms. The highest BCUT2D eigenvalue weighted by Gasteiger charge is 2.47.